The summed E-state index contributed by atoms with van der Waals surface area (Å²) in [6.45, 7) is 1.79. The predicted molar refractivity (Wildman–Crippen MR) is 119 cm³/mol. The van der Waals surface area contributed by atoms with Gasteiger partial charge in [-0.1, -0.05) is 61.0 Å². The van der Waals surface area contributed by atoms with Crippen LogP contribution in [0.2, 0.25) is 5.02 Å². The van der Waals surface area contributed by atoms with E-state index in [1.54, 1.807) is 48.5 Å². The summed E-state index contributed by atoms with van der Waals surface area (Å²) in [5.74, 6) is -0.222. The van der Waals surface area contributed by atoms with Crippen LogP contribution in [0.4, 0.5) is 5.69 Å². The van der Waals surface area contributed by atoms with Crippen molar-refractivity contribution in [2.75, 3.05) is 11.9 Å². The topological polar surface area (TPSA) is 67.4 Å². The zero-order valence-electron chi connectivity index (χ0n) is 16.6. The summed E-state index contributed by atoms with van der Waals surface area (Å²) in [6, 6.07) is 23.2. The summed E-state index contributed by atoms with van der Waals surface area (Å²) in [5, 5.41) is 6.42. The molecule has 0 spiro atoms. The molecule has 3 aromatic rings. The summed E-state index contributed by atoms with van der Waals surface area (Å²) in [7, 11) is 0. The highest BCUT2D eigenvalue weighted by atomic mass is 35.5. The molecule has 1 unspecified atom stereocenters. The maximum atomic E-state index is 12.6. The van der Waals surface area contributed by atoms with Crippen LogP contribution in [0.5, 0.6) is 5.75 Å². The van der Waals surface area contributed by atoms with E-state index >= 15 is 0 Å². The zero-order valence-corrected chi connectivity index (χ0v) is 17.4. The smallest absolute Gasteiger partial charge is 0.259 e. The van der Waals surface area contributed by atoms with Crippen LogP contribution >= 0.6 is 11.6 Å². The molecule has 154 valence electrons. The van der Waals surface area contributed by atoms with Crippen LogP contribution in [-0.4, -0.2) is 18.4 Å². The molecule has 0 saturated carbocycles. The van der Waals surface area contributed by atoms with Gasteiger partial charge in [0.1, 0.15) is 5.75 Å². The average Bonchev–Trinajstić information content (AvgIpc) is 2.77. The van der Waals surface area contributed by atoms with Crippen molar-refractivity contribution < 1.29 is 14.3 Å². The lowest BCUT2D eigenvalue weighted by atomic mass is 10.0. The molecule has 2 N–H and O–H groups in total. The molecule has 0 aliphatic heterocycles. The lowest BCUT2D eigenvalue weighted by Crippen LogP contribution is -2.32. The summed E-state index contributed by atoms with van der Waals surface area (Å²) >= 11 is 5.93. The van der Waals surface area contributed by atoms with Crippen LogP contribution < -0.4 is 15.4 Å². The van der Waals surface area contributed by atoms with Crippen molar-refractivity contribution in [1.29, 1.82) is 0 Å². The van der Waals surface area contributed by atoms with E-state index in [4.69, 9.17) is 16.3 Å². The molecule has 0 aliphatic rings. The van der Waals surface area contributed by atoms with Crippen LogP contribution in [0.25, 0.3) is 0 Å². The number of anilines is 1. The highest BCUT2D eigenvalue weighted by Gasteiger charge is 2.16. The second kappa shape index (κ2) is 10.5. The number of hydrogen-bond acceptors (Lipinski definition) is 3. The van der Waals surface area contributed by atoms with Gasteiger partial charge in [-0.2, -0.15) is 0 Å². The first kappa shape index (κ1) is 21.4. The lowest BCUT2D eigenvalue weighted by Gasteiger charge is -2.18. The predicted octanol–water partition coefficient (Wildman–Crippen LogP) is 5.24. The minimum atomic E-state index is -0.301. The Morgan fingerprint density at radius 2 is 1.60 bits per heavy atom. The van der Waals surface area contributed by atoms with Gasteiger partial charge in [-0.05, 0) is 48.4 Å². The molecule has 3 rings (SSSR count). The van der Waals surface area contributed by atoms with Crippen molar-refractivity contribution in [1.82, 2.24) is 5.32 Å². The van der Waals surface area contributed by atoms with Crippen LogP contribution in [0, 0.1) is 0 Å². The molecule has 0 aromatic heterocycles. The van der Waals surface area contributed by atoms with Crippen molar-refractivity contribution in [3.8, 4) is 5.75 Å². The summed E-state index contributed by atoms with van der Waals surface area (Å²) in [4.78, 5) is 25.0. The number of para-hydroxylation sites is 2. The first-order valence-electron chi connectivity index (χ1n) is 9.70. The van der Waals surface area contributed by atoms with E-state index in [0.717, 1.165) is 12.0 Å². The number of nitrogens with one attached hydrogen (secondary N) is 2. The van der Waals surface area contributed by atoms with Crippen LogP contribution in [0.3, 0.4) is 0 Å². The fourth-order valence-corrected chi connectivity index (χ4v) is 3.12. The standard InChI is InChI=1S/C24H23ClN2O3/c1-2-21(17-12-14-18(25)15-13-17)27-23(28)16-30-22-11-7-6-10-20(22)24(29)26-19-8-4-3-5-9-19/h3-15,21H,2,16H2,1H3,(H,26,29)(H,27,28). The van der Waals surface area contributed by atoms with Gasteiger partial charge in [-0.3, -0.25) is 9.59 Å². The Morgan fingerprint density at radius 1 is 0.933 bits per heavy atom. The van der Waals surface area contributed by atoms with Gasteiger partial charge in [0, 0.05) is 10.7 Å². The number of ether oxygens (including phenoxy) is 1. The van der Waals surface area contributed by atoms with Crippen molar-refractivity contribution in [2.45, 2.75) is 19.4 Å². The Morgan fingerprint density at radius 3 is 2.30 bits per heavy atom. The molecule has 0 aliphatic carbocycles. The van der Waals surface area contributed by atoms with E-state index in [9.17, 15) is 9.59 Å². The van der Waals surface area contributed by atoms with Crippen LogP contribution in [0.1, 0.15) is 35.3 Å². The largest absolute Gasteiger partial charge is 0.483 e. The molecule has 5 nitrogen and oxygen atoms in total. The number of benzene rings is 3. The van der Waals surface area contributed by atoms with Crippen molar-refractivity contribution >= 4 is 29.1 Å². The summed E-state index contributed by atoms with van der Waals surface area (Å²) < 4.78 is 5.66. The Hall–Kier alpha value is -3.31. The van der Waals surface area contributed by atoms with E-state index in [2.05, 4.69) is 10.6 Å². The molecule has 0 bridgehead atoms. The van der Waals surface area contributed by atoms with Gasteiger partial charge < -0.3 is 15.4 Å². The van der Waals surface area contributed by atoms with E-state index in [1.165, 1.54) is 0 Å². The first-order chi connectivity index (χ1) is 14.6. The lowest BCUT2D eigenvalue weighted by molar-refractivity contribution is -0.123. The number of carbonyl (C=O) groups excluding carboxylic acids is 2. The number of rotatable bonds is 8. The van der Waals surface area contributed by atoms with Crippen molar-refractivity contribution in [3.63, 3.8) is 0 Å². The number of halogens is 1. The molecular formula is C24H23ClN2O3. The quantitative estimate of drug-likeness (QED) is 0.521. The highest BCUT2D eigenvalue weighted by Crippen LogP contribution is 2.21. The third-order valence-electron chi connectivity index (χ3n) is 4.54. The van der Waals surface area contributed by atoms with Gasteiger partial charge in [-0.15, -0.1) is 0 Å². The highest BCUT2D eigenvalue weighted by molar-refractivity contribution is 6.30. The van der Waals surface area contributed by atoms with Crippen molar-refractivity contribution in [2.24, 2.45) is 0 Å². The fourth-order valence-electron chi connectivity index (χ4n) is 3.00. The van der Waals surface area contributed by atoms with Crippen LogP contribution in [-0.2, 0) is 4.79 Å². The van der Waals surface area contributed by atoms with Gasteiger partial charge >= 0.3 is 0 Å². The van der Waals surface area contributed by atoms with Gasteiger partial charge in [-0.25, -0.2) is 0 Å². The molecule has 3 aromatic carbocycles. The average molecular weight is 423 g/mol. The van der Waals surface area contributed by atoms with E-state index in [-0.39, 0.29) is 24.5 Å². The maximum absolute atomic E-state index is 12.6. The first-order valence-corrected chi connectivity index (χ1v) is 10.1. The second-order valence-corrected chi connectivity index (χ2v) is 7.12. The number of carbonyl (C=O) groups is 2. The Bertz CT molecular complexity index is 991. The Balaban J connectivity index is 1.62. The minimum Gasteiger partial charge on any atom is -0.483 e. The monoisotopic (exact) mass is 422 g/mol. The normalized spacial score (nSPS) is 11.4. The van der Waals surface area contributed by atoms with Crippen molar-refractivity contribution in [3.05, 3.63) is 95.0 Å². The molecular weight excluding hydrogens is 400 g/mol. The minimum absolute atomic E-state index is 0.144. The van der Waals surface area contributed by atoms with Gasteiger partial charge in [0.15, 0.2) is 6.61 Å². The zero-order chi connectivity index (χ0) is 21.3. The molecule has 30 heavy (non-hydrogen) atoms. The molecule has 2 amide bonds. The van der Waals surface area contributed by atoms with Gasteiger partial charge in [0.2, 0.25) is 0 Å². The molecule has 0 fully saturated rings. The SMILES string of the molecule is CCC(NC(=O)COc1ccccc1C(=O)Nc1ccccc1)c1ccc(Cl)cc1. The molecule has 0 saturated heterocycles. The van der Waals surface area contributed by atoms with Gasteiger partial charge in [0.25, 0.3) is 11.8 Å². The molecule has 0 radical (unpaired) electrons. The van der Waals surface area contributed by atoms with E-state index in [0.29, 0.717) is 22.0 Å². The van der Waals surface area contributed by atoms with E-state index < -0.39 is 0 Å². The van der Waals surface area contributed by atoms with Gasteiger partial charge in [0.05, 0.1) is 11.6 Å². The maximum Gasteiger partial charge on any atom is 0.259 e. The Labute approximate surface area is 181 Å². The van der Waals surface area contributed by atoms with Crippen LogP contribution in [0.15, 0.2) is 78.9 Å². The number of hydrogen-bond donors (Lipinski definition) is 2. The fraction of sp³-hybridized carbons (Fsp3) is 0.167. The van der Waals surface area contributed by atoms with E-state index in [1.807, 2.05) is 37.3 Å². The second-order valence-electron chi connectivity index (χ2n) is 6.68. The number of amides is 2. The molecule has 0 heterocycles. The third kappa shape index (κ3) is 5.84. The summed E-state index contributed by atoms with van der Waals surface area (Å²) in [6.07, 6.45) is 0.726. The Kier molecular flexibility index (Phi) is 7.46. The molecule has 6 heteroatoms. The third-order valence-corrected chi connectivity index (χ3v) is 4.79. The summed E-state index contributed by atoms with van der Waals surface area (Å²) in [5.41, 5.74) is 2.01. The molecule has 1 atom stereocenters.